The summed E-state index contributed by atoms with van der Waals surface area (Å²) in [4.78, 5) is 13.2. The van der Waals surface area contributed by atoms with Crippen molar-refractivity contribution in [2.24, 2.45) is 11.3 Å². The van der Waals surface area contributed by atoms with E-state index < -0.39 is 5.97 Å². The third kappa shape index (κ3) is 3.35. The molecule has 0 atom stereocenters. The zero-order valence-electron chi connectivity index (χ0n) is 11.8. The Labute approximate surface area is 113 Å². The minimum Gasteiger partial charge on any atom is -0.478 e. The van der Waals surface area contributed by atoms with Crippen LogP contribution in [-0.2, 0) is 6.54 Å². The van der Waals surface area contributed by atoms with Crippen LogP contribution in [0, 0.1) is 11.3 Å². The number of nitrogens with zero attached hydrogens (tertiary/aromatic N) is 2. The first-order chi connectivity index (χ1) is 8.88. The van der Waals surface area contributed by atoms with Crippen LogP contribution >= 0.6 is 0 Å². The summed E-state index contributed by atoms with van der Waals surface area (Å²) in [6.45, 7) is 9.37. The maximum absolute atomic E-state index is 11.0. The van der Waals surface area contributed by atoms with Crippen molar-refractivity contribution in [3.8, 4) is 0 Å². The highest BCUT2D eigenvalue weighted by Crippen LogP contribution is 2.34. The topological polar surface area (TPSA) is 66.6 Å². The Bertz CT molecular complexity index is 440. The fraction of sp³-hybridized carbons (Fsp3) is 0.714. The van der Waals surface area contributed by atoms with Gasteiger partial charge in [-0.15, -0.1) is 0 Å². The monoisotopic (exact) mass is 266 g/mol. The first-order valence-corrected chi connectivity index (χ1v) is 6.77. The number of hydrogen-bond acceptors (Lipinski definition) is 4. The van der Waals surface area contributed by atoms with E-state index in [0.717, 1.165) is 31.8 Å². The van der Waals surface area contributed by atoms with Crippen LogP contribution in [0.25, 0.3) is 0 Å². The summed E-state index contributed by atoms with van der Waals surface area (Å²) >= 11 is 0. The molecule has 0 spiro atoms. The van der Waals surface area contributed by atoms with Crippen LogP contribution in [0.3, 0.4) is 0 Å². The molecule has 0 bridgehead atoms. The van der Waals surface area contributed by atoms with Gasteiger partial charge in [0.15, 0.2) is 5.76 Å². The smallest absolute Gasteiger partial charge is 0.341 e. The summed E-state index contributed by atoms with van der Waals surface area (Å²) in [6.07, 6.45) is 3.58. The summed E-state index contributed by atoms with van der Waals surface area (Å²) in [6, 6.07) is 0. The van der Waals surface area contributed by atoms with Crippen molar-refractivity contribution in [3.63, 3.8) is 0 Å². The van der Waals surface area contributed by atoms with Crippen molar-refractivity contribution in [1.29, 1.82) is 0 Å². The van der Waals surface area contributed by atoms with Crippen molar-refractivity contribution in [2.75, 3.05) is 13.1 Å². The highest BCUT2D eigenvalue weighted by Gasteiger charge is 2.29. The average molecular weight is 266 g/mol. The summed E-state index contributed by atoms with van der Waals surface area (Å²) in [7, 11) is 0. The molecule has 2 heterocycles. The lowest BCUT2D eigenvalue weighted by molar-refractivity contribution is 0.0688. The largest absolute Gasteiger partial charge is 0.478 e. The van der Waals surface area contributed by atoms with Gasteiger partial charge in [0.1, 0.15) is 5.56 Å². The van der Waals surface area contributed by atoms with Crippen LogP contribution in [0.4, 0.5) is 0 Å². The maximum atomic E-state index is 11.0. The highest BCUT2D eigenvalue weighted by atomic mass is 16.5. The molecule has 1 fully saturated rings. The number of hydrogen-bond donors (Lipinski definition) is 1. The second-order valence-electron chi connectivity index (χ2n) is 6.38. The van der Waals surface area contributed by atoms with Gasteiger partial charge in [-0.2, -0.15) is 0 Å². The van der Waals surface area contributed by atoms with Gasteiger partial charge in [0.2, 0.25) is 0 Å². The Morgan fingerprint density at radius 3 is 2.63 bits per heavy atom. The molecule has 1 aromatic rings. The summed E-state index contributed by atoms with van der Waals surface area (Å²) in [5.41, 5.74) is 0.530. The molecule has 19 heavy (non-hydrogen) atoms. The standard InChI is InChI=1S/C14H22N2O3/c1-14(2,3)10-4-6-16(7-5-10)9-12-11(13(17)18)8-15-19-12/h8,10H,4-7,9H2,1-3H3,(H,17,18). The van der Waals surface area contributed by atoms with Crippen LogP contribution in [0.5, 0.6) is 0 Å². The summed E-state index contributed by atoms with van der Waals surface area (Å²) < 4.78 is 5.05. The number of aromatic carboxylic acids is 1. The van der Waals surface area contributed by atoms with Gasteiger partial charge in [0.05, 0.1) is 12.7 Å². The van der Waals surface area contributed by atoms with E-state index in [9.17, 15) is 4.79 Å². The Kier molecular flexibility index (Phi) is 3.94. The van der Waals surface area contributed by atoms with Crippen molar-refractivity contribution in [2.45, 2.75) is 40.2 Å². The molecule has 1 aliphatic rings. The summed E-state index contributed by atoms with van der Waals surface area (Å²) in [5.74, 6) is 0.222. The molecule has 0 aromatic carbocycles. The van der Waals surface area contributed by atoms with Crippen molar-refractivity contribution < 1.29 is 14.4 Å². The lowest BCUT2D eigenvalue weighted by atomic mass is 9.75. The molecule has 1 aromatic heterocycles. The highest BCUT2D eigenvalue weighted by molar-refractivity contribution is 5.88. The lowest BCUT2D eigenvalue weighted by Crippen LogP contribution is -2.37. The molecular formula is C14H22N2O3. The second kappa shape index (κ2) is 5.33. The van der Waals surface area contributed by atoms with Gasteiger partial charge in [0.25, 0.3) is 0 Å². The Morgan fingerprint density at radius 1 is 1.47 bits per heavy atom. The van der Waals surface area contributed by atoms with Crippen LogP contribution in [0.1, 0.15) is 49.7 Å². The van der Waals surface area contributed by atoms with Crippen LogP contribution in [0.2, 0.25) is 0 Å². The Morgan fingerprint density at radius 2 is 2.11 bits per heavy atom. The molecule has 5 nitrogen and oxygen atoms in total. The average Bonchev–Trinajstić information content (AvgIpc) is 2.77. The number of carboxylic acids is 1. The number of piperidine rings is 1. The third-order valence-corrected chi connectivity index (χ3v) is 4.06. The normalized spacial score (nSPS) is 18.7. The quantitative estimate of drug-likeness (QED) is 0.911. The number of aromatic nitrogens is 1. The zero-order chi connectivity index (χ0) is 14.0. The molecular weight excluding hydrogens is 244 g/mol. The molecule has 0 radical (unpaired) electrons. The first kappa shape index (κ1) is 14.1. The Hall–Kier alpha value is -1.36. The zero-order valence-corrected chi connectivity index (χ0v) is 11.8. The van der Waals surface area contributed by atoms with Gasteiger partial charge in [-0.05, 0) is 37.3 Å². The molecule has 5 heteroatoms. The van der Waals surface area contributed by atoms with Crippen LogP contribution in [-0.4, -0.2) is 34.2 Å². The van der Waals surface area contributed by atoms with E-state index in [1.54, 1.807) is 0 Å². The minimum absolute atomic E-state index is 0.179. The van der Waals surface area contributed by atoms with E-state index in [0.29, 0.717) is 17.7 Å². The van der Waals surface area contributed by atoms with Gasteiger partial charge in [-0.25, -0.2) is 4.79 Å². The molecule has 0 aliphatic carbocycles. The van der Waals surface area contributed by atoms with Crippen molar-refractivity contribution in [3.05, 3.63) is 17.5 Å². The maximum Gasteiger partial charge on any atom is 0.341 e. The number of carboxylic acid groups (broad SMARTS) is 1. The molecule has 1 N–H and O–H groups in total. The van der Waals surface area contributed by atoms with E-state index in [2.05, 4.69) is 30.8 Å². The van der Waals surface area contributed by atoms with E-state index in [1.807, 2.05) is 0 Å². The fourth-order valence-electron chi connectivity index (χ4n) is 2.71. The molecule has 2 rings (SSSR count). The number of likely N-dealkylation sites (tertiary alicyclic amines) is 1. The van der Waals surface area contributed by atoms with Gasteiger partial charge in [-0.1, -0.05) is 25.9 Å². The van der Waals surface area contributed by atoms with Gasteiger partial charge >= 0.3 is 5.97 Å². The van der Waals surface area contributed by atoms with Gasteiger partial charge < -0.3 is 9.63 Å². The molecule has 0 saturated carbocycles. The minimum atomic E-state index is -0.971. The SMILES string of the molecule is CC(C)(C)C1CCN(Cc2oncc2C(=O)O)CC1. The molecule has 1 aliphatic heterocycles. The predicted molar refractivity (Wildman–Crippen MR) is 70.9 cm³/mol. The van der Waals surface area contributed by atoms with E-state index in [-0.39, 0.29) is 5.56 Å². The second-order valence-corrected chi connectivity index (χ2v) is 6.38. The molecule has 0 unspecified atom stereocenters. The van der Waals surface area contributed by atoms with Gasteiger partial charge in [-0.3, -0.25) is 4.90 Å². The predicted octanol–water partition coefficient (Wildman–Crippen LogP) is 2.63. The van der Waals surface area contributed by atoms with Gasteiger partial charge in [0, 0.05) is 0 Å². The summed E-state index contributed by atoms with van der Waals surface area (Å²) in [5, 5.41) is 12.6. The van der Waals surface area contributed by atoms with Crippen molar-refractivity contribution >= 4 is 5.97 Å². The fourth-order valence-corrected chi connectivity index (χ4v) is 2.71. The first-order valence-electron chi connectivity index (χ1n) is 6.77. The molecule has 1 saturated heterocycles. The number of carbonyl (C=O) groups is 1. The van der Waals surface area contributed by atoms with E-state index >= 15 is 0 Å². The third-order valence-electron chi connectivity index (χ3n) is 4.06. The number of rotatable bonds is 3. The van der Waals surface area contributed by atoms with E-state index in [1.165, 1.54) is 6.20 Å². The Balaban J connectivity index is 1.92. The van der Waals surface area contributed by atoms with Crippen LogP contribution < -0.4 is 0 Å². The molecule has 106 valence electrons. The van der Waals surface area contributed by atoms with Crippen molar-refractivity contribution in [1.82, 2.24) is 10.1 Å². The molecule has 0 amide bonds. The lowest BCUT2D eigenvalue weighted by Gasteiger charge is -2.38. The van der Waals surface area contributed by atoms with E-state index in [4.69, 9.17) is 9.63 Å². The van der Waals surface area contributed by atoms with Crippen LogP contribution in [0.15, 0.2) is 10.7 Å².